The van der Waals surface area contributed by atoms with Gasteiger partial charge in [-0.05, 0) is 29.8 Å². The van der Waals surface area contributed by atoms with E-state index in [1.165, 1.54) is 0 Å². The van der Waals surface area contributed by atoms with Gasteiger partial charge >= 0.3 is 5.97 Å². The molecule has 0 fully saturated rings. The van der Waals surface area contributed by atoms with Gasteiger partial charge in [-0.25, -0.2) is 4.79 Å². The Hall–Kier alpha value is -2.53. The molecule has 0 spiro atoms. The minimum absolute atomic E-state index is 0.242. The van der Waals surface area contributed by atoms with Crippen LogP contribution >= 0.6 is 11.6 Å². The van der Waals surface area contributed by atoms with Crippen molar-refractivity contribution in [2.24, 2.45) is 0 Å². The lowest BCUT2D eigenvalue weighted by Crippen LogP contribution is -2.28. The molecule has 1 amide bonds. The van der Waals surface area contributed by atoms with Crippen LogP contribution in [0.2, 0.25) is 5.02 Å². The molecule has 0 aromatic heterocycles. The van der Waals surface area contributed by atoms with E-state index in [2.05, 4.69) is 5.32 Å². The highest BCUT2D eigenvalue weighted by Crippen LogP contribution is 2.15. The van der Waals surface area contributed by atoms with Gasteiger partial charge < -0.3 is 15.0 Å². The van der Waals surface area contributed by atoms with E-state index >= 15 is 0 Å². The van der Waals surface area contributed by atoms with Crippen molar-refractivity contribution in [3.05, 3.63) is 64.7 Å². The lowest BCUT2D eigenvalue weighted by Gasteiger charge is -2.13. The van der Waals surface area contributed by atoms with Crippen molar-refractivity contribution < 1.29 is 14.3 Å². The summed E-state index contributed by atoms with van der Waals surface area (Å²) in [6, 6.07) is 14.4. The van der Waals surface area contributed by atoms with Crippen molar-refractivity contribution in [3.8, 4) is 0 Å². The Morgan fingerprint density at radius 2 is 1.75 bits per heavy atom. The third kappa shape index (κ3) is 4.99. The molecule has 0 bridgehead atoms. The number of benzene rings is 2. The van der Waals surface area contributed by atoms with Crippen LogP contribution in [0.3, 0.4) is 0 Å². The van der Waals surface area contributed by atoms with Crippen molar-refractivity contribution in [2.45, 2.75) is 6.54 Å². The summed E-state index contributed by atoms with van der Waals surface area (Å²) < 4.78 is 4.97. The van der Waals surface area contributed by atoms with Gasteiger partial charge in [-0.15, -0.1) is 0 Å². The number of anilines is 1. The number of hydrogen-bond acceptors (Lipinski definition) is 4. The van der Waals surface area contributed by atoms with E-state index in [-0.39, 0.29) is 18.1 Å². The first-order valence-corrected chi connectivity index (χ1v) is 7.80. The zero-order chi connectivity index (χ0) is 17.5. The number of hydrogen-bond donors (Lipinski definition) is 1. The third-order valence-electron chi connectivity index (χ3n) is 3.37. The van der Waals surface area contributed by atoms with Crippen molar-refractivity contribution in [1.29, 1.82) is 0 Å². The van der Waals surface area contributed by atoms with Gasteiger partial charge in [-0.2, -0.15) is 0 Å². The van der Waals surface area contributed by atoms with Crippen LogP contribution in [0.4, 0.5) is 5.69 Å². The van der Waals surface area contributed by atoms with E-state index in [9.17, 15) is 9.59 Å². The van der Waals surface area contributed by atoms with Crippen LogP contribution < -0.4 is 10.2 Å². The molecule has 0 heterocycles. The summed E-state index contributed by atoms with van der Waals surface area (Å²) in [6.45, 7) is 0.0238. The van der Waals surface area contributed by atoms with Crippen LogP contribution in [-0.2, 0) is 16.1 Å². The second-order valence-corrected chi connectivity index (χ2v) is 5.80. The van der Waals surface area contributed by atoms with Crippen molar-refractivity contribution in [3.63, 3.8) is 0 Å². The maximum atomic E-state index is 11.9. The predicted octanol–water partition coefficient (Wildman–Crippen LogP) is 2.88. The first kappa shape index (κ1) is 17.8. The van der Waals surface area contributed by atoms with Crippen LogP contribution in [0.1, 0.15) is 15.9 Å². The summed E-state index contributed by atoms with van der Waals surface area (Å²) in [6.07, 6.45) is 0. The third-order valence-corrected chi connectivity index (χ3v) is 3.70. The number of ether oxygens (including phenoxy) is 1. The molecule has 2 aromatic rings. The Kier molecular flexibility index (Phi) is 6.21. The highest BCUT2D eigenvalue weighted by molar-refractivity contribution is 6.33. The summed E-state index contributed by atoms with van der Waals surface area (Å²) in [4.78, 5) is 25.6. The van der Waals surface area contributed by atoms with E-state index in [1.54, 1.807) is 24.3 Å². The van der Waals surface area contributed by atoms with Crippen molar-refractivity contribution >= 4 is 29.2 Å². The first-order valence-electron chi connectivity index (χ1n) is 7.42. The van der Waals surface area contributed by atoms with Crippen molar-refractivity contribution in [1.82, 2.24) is 5.32 Å². The smallest absolute Gasteiger partial charge is 0.340 e. The van der Waals surface area contributed by atoms with Gasteiger partial charge in [0.1, 0.15) is 0 Å². The van der Waals surface area contributed by atoms with Gasteiger partial charge in [-0.3, -0.25) is 4.79 Å². The standard InChI is InChI=1S/C18H19ClN2O3/c1-21(2)14-9-7-13(8-10-14)11-20-17(22)12-24-18(23)15-5-3-4-6-16(15)19/h3-10H,11-12H2,1-2H3,(H,20,22). The fraction of sp³-hybridized carbons (Fsp3) is 0.222. The fourth-order valence-corrected chi connectivity index (χ4v) is 2.21. The number of carbonyl (C=O) groups is 2. The van der Waals surface area contributed by atoms with Gasteiger partial charge in [0, 0.05) is 26.3 Å². The second kappa shape index (κ2) is 8.36. The topological polar surface area (TPSA) is 58.6 Å². The highest BCUT2D eigenvalue weighted by atomic mass is 35.5. The zero-order valence-corrected chi connectivity index (χ0v) is 14.3. The lowest BCUT2D eigenvalue weighted by atomic mass is 10.2. The summed E-state index contributed by atoms with van der Waals surface area (Å²) in [5.41, 5.74) is 2.29. The number of rotatable bonds is 6. The van der Waals surface area contributed by atoms with E-state index < -0.39 is 5.97 Å². The molecule has 24 heavy (non-hydrogen) atoms. The number of amides is 1. The van der Waals surface area contributed by atoms with E-state index in [0.717, 1.165) is 11.3 Å². The van der Waals surface area contributed by atoms with Gasteiger partial charge in [0.15, 0.2) is 6.61 Å². The Labute approximate surface area is 146 Å². The molecule has 5 nitrogen and oxygen atoms in total. The minimum Gasteiger partial charge on any atom is -0.452 e. The molecule has 0 aliphatic rings. The van der Waals surface area contributed by atoms with Crippen LogP contribution in [0, 0.1) is 0 Å². The molecule has 0 aliphatic carbocycles. The molecule has 1 N–H and O–H groups in total. The highest BCUT2D eigenvalue weighted by Gasteiger charge is 2.12. The van der Waals surface area contributed by atoms with Gasteiger partial charge in [0.05, 0.1) is 10.6 Å². The van der Waals surface area contributed by atoms with Gasteiger partial charge in [0.2, 0.25) is 0 Å². The molecule has 0 saturated carbocycles. The van der Waals surface area contributed by atoms with E-state index in [0.29, 0.717) is 11.6 Å². The SMILES string of the molecule is CN(C)c1ccc(CNC(=O)COC(=O)c2ccccc2Cl)cc1. The normalized spacial score (nSPS) is 10.1. The largest absolute Gasteiger partial charge is 0.452 e. The number of halogens is 1. The summed E-state index contributed by atoms with van der Waals surface area (Å²) >= 11 is 5.91. The molecular formula is C18H19ClN2O3. The molecule has 2 aromatic carbocycles. The molecule has 0 unspecified atom stereocenters. The van der Waals surface area contributed by atoms with Crippen LogP contribution in [0.25, 0.3) is 0 Å². The number of esters is 1. The zero-order valence-electron chi connectivity index (χ0n) is 13.6. The van der Waals surface area contributed by atoms with Crippen LogP contribution in [-0.4, -0.2) is 32.6 Å². The van der Waals surface area contributed by atoms with Crippen molar-refractivity contribution in [2.75, 3.05) is 25.6 Å². The Balaban J connectivity index is 1.79. The fourth-order valence-electron chi connectivity index (χ4n) is 2.00. The minimum atomic E-state index is -0.619. The molecule has 0 atom stereocenters. The molecule has 0 radical (unpaired) electrons. The summed E-state index contributed by atoms with van der Waals surface area (Å²) in [5, 5.41) is 3.00. The maximum absolute atomic E-state index is 11.9. The maximum Gasteiger partial charge on any atom is 0.340 e. The first-order chi connectivity index (χ1) is 11.5. The van der Waals surface area contributed by atoms with E-state index in [1.807, 2.05) is 43.3 Å². The molecule has 126 valence electrons. The number of carbonyl (C=O) groups excluding carboxylic acids is 2. The second-order valence-electron chi connectivity index (χ2n) is 5.39. The predicted molar refractivity (Wildman–Crippen MR) is 94.4 cm³/mol. The number of nitrogens with zero attached hydrogens (tertiary/aromatic N) is 1. The Morgan fingerprint density at radius 1 is 1.08 bits per heavy atom. The molecule has 6 heteroatoms. The molecule has 0 saturated heterocycles. The molecular weight excluding hydrogens is 328 g/mol. The Bertz CT molecular complexity index is 714. The van der Waals surface area contributed by atoms with Gasteiger partial charge in [-0.1, -0.05) is 35.9 Å². The summed E-state index contributed by atoms with van der Waals surface area (Å²) in [5.74, 6) is -0.988. The monoisotopic (exact) mass is 346 g/mol. The average Bonchev–Trinajstić information content (AvgIpc) is 2.58. The van der Waals surface area contributed by atoms with Crippen LogP contribution in [0.15, 0.2) is 48.5 Å². The van der Waals surface area contributed by atoms with E-state index in [4.69, 9.17) is 16.3 Å². The quantitative estimate of drug-likeness (QED) is 0.817. The average molecular weight is 347 g/mol. The summed E-state index contributed by atoms with van der Waals surface area (Å²) in [7, 11) is 3.92. The molecule has 2 rings (SSSR count). The van der Waals surface area contributed by atoms with Gasteiger partial charge in [0.25, 0.3) is 5.91 Å². The number of nitrogens with one attached hydrogen (secondary N) is 1. The Morgan fingerprint density at radius 3 is 2.38 bits per heavy atom. The lowest BCUT2D eigenvalue weighted by molar-refractivity contribution is -0.124. The van der Waals surface area contributed by atoms with Crippen LogP contribution in [0.5, 0.6) is 0 Å². The molecule has 0 aliphatic heterocycles.